The second-order valence-corrected chi connectivity index (χ2v) is 10.9. The molecular weight excluding hydrogens is 507 g/mol. The standard InChI is InChI=1S/C28H27FN4O4S/c29-23-16-20(17-25(34)18-23)19-32-12-3-13-33(15-14-32)28(35)22-7-9-24(10-8-22)31-38(36,37)26-6-1-4-21-5-2-11-30-27(21)26/h1-2,4-11,16-18,31,34H,3,12-15,19H2. The number of anilines is 1. The molecule has 2 heterocycles. The van der Waals surface area contributed by atoms with Crippen LogP contribution in [0.4, 0.5) is 10.1 Å². The van der Waals surface area contributed by atoms with Gasteiger partial charge in [-0.05, 0) is 60.5 Å². The summed E-state index contributed by atoms with van der Waals surface area (Å²) in [5.74, 6) is -0.722. The van der Waals surface area contributed by atoms with E-state index in [1.807, 2.05) is 0 Å². The van der Waals surface area contributed by atoms with Crippen molar-refractivity contribution in [1.29, 1.82) is 0 Å². The van der Waals surface area contributed by atoms with Crippen LogP contribution in [0.25, 0.3) is 10.9 Å². The number of hydrogen-bond donors (Lipinski definition) is 2. The van der Waals surface area contributed by atoms with Crippen molar-refractivity contribution in [3.05, 3.63) is 95.9 Å². The van der Waals surface area contributed by atoms with Crippen LogP contribution in [-0.4, -0.2) is 60.4 Å². The van der Waals surface area contributed by atoms with E-state index in [0.29, 0.717) is 48.5 Å². The molecule has 1 aliphatic rings. The molecular formula is C28H27FN4O4S. The van der Waals surface area contributed by atoms with E-state index in [1.54, 1.807) is 65.7 Å². The number of benzene rings is 3. The van der Waals surface area contributed by atoms with E-state index >= 15 is 0 Å². The van der Waals surface area contributed by atoms with Crippen LogP contribution in [0.3, 0.4) is 0 Å². The van der Waals surface area contributed by atoms with Gasteiger partial charge in [-0.3, -0.25) is 19.4 Å². The third-order valence-electron chi connectivity index (χ3n) is 6.49. The van der Waals surface area contributed by atoms with Crippen LogP contribution in [0.15, 0.2) is 83.9 Å². The fraction of sp³-hybridized carbons (Fsp3) is 0.214. The highest BCUT2D eigenvalue weighted by molar-refractivity contribution is 7.93. The molecule has 0 unspecified atom stereocenters. The average Bonchev–Trinajstić information content (AvgIpc) is 3.13. The number of rotatable bonds is 6. The Bertz CT molecular complexity index is 1550. The number of phenols is 1. The van der Waals surface area contributed by atoms with Gasteiger partial charge in [-0.25, -0.2) is 12.8 Å². The molecule has 8 nitrogen and oxygen atoms in total. The molecule has 1 amide bonds. The average molecular weight is 535 g/mol. The van der Waals surface area contributed by atoms with Gasteiger partial charge >= 0.3 is 0 Å². The monoisotopic (exact) mass is 534 g/mol. The summed E-state index contributed by atoms with van der Waals surface area (Å²) in [5, 5.41) is 10.4. The summed E-state index contributed by atoms with van der Waals surface area (Å²) >= 11 is 0. The van der Waals surface area contributed by atoms with Crippen LogP contribution in [0.2, 0.25) is 0 Å². The van der Waals surface area contributed by atoms with E-state index in [9.17, 15) is 22.7 Å². The summed E-state index contributed by atoms with van der Waals surface area (Å²) in [6, 6.07) is 18.9. The predicted molar refractivity (Wildman–Crippen MR) is 143 cm³/mol. The van der Waals surface area contributed by atoms with Crippen molar-refractivity contribution < 1.29 is 22.7 Å². The fourth-order valence-electron chi connectivity index (χ4n) is 4.68. The molecule has 10 heteroatoms. The smallest absolute Gasteiger partial charge is 0.264 e. The normalized spacial score (nSPS) is 14.8. The Kier molecular flexibility index (Phi) is 7.26. The Morgan fingerprint density at radius 3 is 2.55 bits per heavy atom. The zero-order valence-electron chi connectivity index (χ0n) is 20.5. The van der Waals surface area contributed by atoms with Gasteiger partial charge in [0.15, 0.2) is 0 Å². The van der Waals surface area contributed by atoms with Crippen LogP contribution >= 0.6 is 0 Å². The van der Waals surface area contributed by atoms with Gasteiger partial charge in [-0.15, -0.1) is 0 Å². The lowest BCUT2D eigenvalue weighted by Gasteiger charge is -2.22. The molecule has 0 aliphatic carbocycles. The van der Waals surface area contributed by atoms with Crippen molar-refractivity contribution in [2.24, 2.45) is 0 Å². The Hall–Kier alpha value is -4.02. The second-order valence-electron chi connectivity index (χ2n) is 9.25. The molecule has 1 saturated heterocycles. The lowest BCUT2D eigenvalue weighted by Crippen LogP contribution is -2.35. The van der Waals surface area contributed by atoms with E-state index in [-0.39, 0.29) is 16.6 Å². The number of aromatic nitrogens is 1. The molecule has 0 saturated carbocycles. The van der Waals surface area contributed by atoms with Gasteiger partial charge in [0, 0.05) is 61.6 Å². The van der Waals surface area contributed by atoms with Gasteiger partial charge in [0.1, 0.15) is 16.5 Å². The Labute approximate surface area is 220 Å². The molecule has 3 aromatic carbocycles. The highest BCUT2D eigenvalue weighted by atomic mass is 32.2. The molecule has 1 aromatic heterocycles. The second kappa shape index (κ2) is 10.8. The molecule has 4 aromatic rings. The van der Waals surface area contributed by atoms with E-state index in [2.05, 4.69) is 14.6 Å². The van der Waals surface area contributed by atoms with Crippen LogP contribution in [0.1, 0.15) is 22.3 Å². The van der Waals surface area contributed by atoms with Crippen LogP contribution in [-0.2, 0) is 16.6 Å². The maximum Gasteiger partial charge on any atom is 0.264 e. The molecule has 2 N–H and O–H groups in total. The number of phenolic OH excluding ortho intramolecular Hbond substituents is 1. The number of sulfonamides is 1. The zero-order chi connectivity index (χ0) is 26.7. The number of aromatic hydroxyl groups is 1. The zero-order valence-corrected chi connectivity index (χ0v) is 21.4. The summed E-state index contributed by atoms with van der Waals surface area (Å²) in [6.07, 6.45) is 2.31. The number of nitrogens with zero attached hydrogens (tertiary/aromatic N) is 3. The maximum absolute atomic E-state index is 13.6. The van der Waals surface area contributed by atoms with E-state index in [4.69, 9.17) is 0 Å². The summed E-state index contributed by atoms with van der Waals surface area (Å²) in [4.78, 5) is 21.3. The van der Waals surface area contributed by atoms with Crippen LogP contribution in [0.5, 0.6) is 5.75 Å². The first-order chi connectivity index (χ1) is 18.3. The number of halogens is 1. The van der Waals surface area contributed by atoms with Gasteiger partial charge in [0.25, 0.3) is 15.9 Å². The molecule has 0 spiro atoms. The van der Waals surface area contributed by atoms with Crippen molar-refractivity contribution in [3.63, 3.8) is 0 Å². The first kappa shape index (κ1) is 25.6. The van der Waals surface area contributed by atoms with Gasteiger partial charge < -0.3 is 10.0 Å². The van der Waals surface area contributed by atoms with E-state index < -0.39 is 15.8 Å². The molecule has 38 heavy (non-hydrogen) atoms. The third-order valence-corrected chi connectivity index (χ3v) is 7.91. The molecule has 1 fully saturated rings. The minimum absolute atomic E-state index is 0.0818. The Balaban J connectivity index is 1.23. The fourth-order valence-corrected chi connectivity index (χ4v) is 5.92. The number of fused-ring (bicyclic) bond motifs is 1. The topological polar surface area (TPSA) is 103 Å². The minimum atomic E-state index is -3.89. The van der Waals surface area contributed by atoms with E-state index in [0.717, 1.165) is 24.4 Å². The van der Waals surface area contributed by atoms with Crippen LogP contribution < -0.4 is 4.72 Å². The number of nitrogens with one attached hydrogen (secondary N) is 1. The number of carbonyl (C=O) groups excluding carboxylic acids is 1. The Morgan fingerprint density at radius 1 is 0.974 bits per heavy atom. The molecule has 1 aliphatic heterocycles. The van der Waals surface area contributed by atoms with Crippen molar-refractivity contribution in [1.82, 2.24) is 14.8 Å². The highest BCUT2D eigenvalue weighted by Gasteiger charge is 2.22. The number of para-hydroxylation sites is 1. The summed E-state index contributed by atoms with van der Waals surface area (Å²) in [5.41, 5.74) is 1.87. The quantitative estimate of drug-likeness (QED) is 0.384. The van der Waals surface area contributed by atoms with E-state index in [1.165, 1.54) is 12.1 Å². The summed E-state index contributed by atoms with van der Waals surface area (Å²) in [7, 11) is -3.89. The SMILES string of the molecule is O=C(c1ccc(NS(=O)(=O)c2cccc3cccnc23)cc1)N1CCCN(Cc2cc(O)cc(F)c2)CC1. The largest absolute Gasteiger partial charge is 0.508 e. The van der Waals surface area contributed by atoms with Crippen LogP contribution in [0, 0.1) is 5.82 Å². The van der Waals surface area contributed by atoms with Gasteiger partial charge in [-0.1, -0.05) is 18.2 Å². The molecule has 0 atom stereocenters. The number of amides is 1. The minimum Gasteiger partial charge on any atom is -0.508 e. The van der Waals surface area contributed by atoms with Crippen molar-refractivity contribution in [3.8, 4) is 5.75 Å². The Morgan fingerprint density at radius 2 is 1.76 bits per heavy atom. The summed E-state index contributed by atoms with van der Waals surface area (Å²) in [6.45, 7) is 2.91. The third kappa shape index (κ3) is 5.76. The van der Waals surface area contributed by atoms with Crippen molar-refractivity contribution >= 4 is 32.5 Å². The molecule has 196 valence electrons. The first-order valence-electron chi connectivity index (χ1n) is 12.3. The van der Waals surface area contributed by atoms with Crippen molar-refractivity contribution in [2.45, 2.75) is 17.9 Å². The van der Waals surface area contributed by atoms with Crippen molar-refractivity contribution in [2.75, 3.05) is 30.9 Å². The van der Waals surface area contributed by atoms with Gasteiger partial charge in [-0.2, -0.15) is 0 Å². The molecule has 5 rings (SSSR count). The maximum atomic E-state index is 13.6. The molecule has 0 radical (unpaired) electrons. The lowest BCUT2D eigenvalue weighted by atomic mass is 10.2. The number of carbonyl (C=O) groups is 1. The number of hydrogen-bond acceptors (Lipinski definition) is 6. The predicted octanol–water partition coefficient (Wildman–Crippen LogP) is 4.23. The first-order valence-corrected chi connectivity index (χ1v) is 13.7. The van der Waals surface area contributed by atoms with Gasteiger partial charge in [0.2, 0.25) is 0 Å². The van der Waals surface area contributed by atoms with Gasteiger partial charge in [0.05, 0.1) is 5.52 Å². The summed E-state index contributed by atoms with van der Waals surface area (Å²) < 4.78 is 42.3. The molecule has 0 bridgehead atoms. The highest BCUT2D eigenvalue weighted by Crippen LogP contribution is 2.24. The lowest BCUT2D eigenvalue weighted by molar-refractivity contribution is 0.0761. The number of pyridine rings is 1.